The minimum atomic E-state index is -0.807. The van der Waals surface area contributed by atoms with Crippen LogP contribution in [0.25, 0.3) is 0 Å². The molecule has 24 heavy (non-hydrogen) atoms. The molecule has 0 aliphatic carbocycles. The first-order valence-electron chi connectivity index (χ1n) is 8.48. The third-order valence-corrected chi connectivity index (χ3v) is 4.61. The van der Waals surface area contributed by atoms with E-state index >= 15 is 0 Å². The first-order chi connectivity index (χ1) is 11.6. The van der Waals surface area contributed by atoms with Crippen molar-refractivity contribution in [3.05, 3.63) is 54.0 Å². The first-order valence-corrected chi connectivity index (χ1v) is 8.48. The van der Waals surface area contributed by atoms with Crippen molar-refractivity contribution in [3.8, 4) is 0 Å². The van der Waals surface area contributed by atoms with E-state index in [0.29, 0.717) is 24.8 Å². The van der Waals surface area contributed by atoms with Crippen molar-refractivity contribution >= 4 is 11.6 Å². The number of aliphatic hydroxyl groups excluding tert-OH is 1. The molecule has 0 bridgehead atoms. The SMILES string of the molecule is CC1CCc2ccccc2N1CCC(=O)NCC(O)c1ccco1. The lowest BCUT2D eigenvalue weighted by Gasteiger charge is -2.37. The molecule has 1 aliphatic rings. The van der Waals surface area contributed by atoms with Crippen LogP contribution in [-0.2, 0) is 11.2 Å². The maximum absolute atomic E-state index is 12.1. The van der Waals surface area contributed by atoms with Gasteiger partial charge in [0.25, 0.3) is 0 Å². The van der Waals surface area contributed by atoms with Crippen molar-refractivity contribution in [2.45, 2.75) is 38.3 Å². The van der Waals surface area contributed by atoms with Gasteiger partial charge >= 0.3 is 0 Å². The van der Waals surface area contributed by atoms with Crippen LogP contribution in [0.1, 0.15) is 37.2 Å². The van der Waals surface area contributed by atoms with E-state index in [0.717, 1.165) is 12.8 Å². The van der Waals surface area contributed by atoms with Gasteiger partial charge in [-0.05, 0) is 43.5 Å². The number of benzene rings is 1. The minimum absolute atomic E-state index is 0.0594. The molecule has 0 fully saturated rings. The zero-order valence-corrected chi connectivity index (χ0v) is 13.9. The Kier molecular flexibility index (Phi) is 5.20. The van der Waals surface area contributed by atoms with E-state index in [9.17, 15) is 9.90 Å². The Balaban J connectivity index is 1.51. The van der Waals surface area contributed by atoms with Crippen molar-refractivity contribution in [2.75, 3.05) is 18.0 Å². The van der Waals surface area contributed by atoms with Gasteiger partial charge in [-0.3, -0.25) is 4.79 Å². The van der Waals surface area contributed by atoms with Crippen LogP contribution in [0.3, 0.4) is 0 Å². The Morgan fingerprint density at radius 2 is 2.21 bits per heavy atom. The Hall–Kier alpha value is -2.27. The Labute approximate surface area is 142 Å². The van der Waals surface area contributed by atoms with Crippen LogP contribution in [0.5, 0.6) is 0 Å². The van der Waals surface area contributed by atoms with E-state index in [1.807, 2.05) is 6.07 Å². The predicted octanol–water partition coefficient (Wildman–Crippen LogP) is 2.66. The third kappa shape index (κ3) is 3.79. The van der Waals surface area contributed by atoms with Crippen molar-refractivity contribution in [1.29, 1.82) is 0 Å². The number of para-hydroxylation sites is 1. The molecule has 1 aliphatic heterocycles. The number of nitrogens with one attached hydrogen (secondary N) is 1. The summed E-state index contributed by atoms with van der Waals surface area (Å²) in [5, 5.41) is 12.7. The highest BCUT2D eigenvalue weighted by molar-refractivity contribution is 5.76. The molecule has 5 heteroatoms. The summed E-state index contributed by atoms with van der Waals surface area (Å²) in [5.41, 5.74) is 2.59. The van der Waals surface area contributed by atoms with Gasteiger partial charge in [0.1, 0.15) is 11.9 Å². The molecule has 2 N–H and O–H groups in total. The van der Waals surface area contributed by atoms with E-state index < -0.39 is 6.10 Å². The number of anilines is 1. The van der Waals surface area contributed by atoms with Crippen LogP contribution in [0, 0.1) is 0 Å². The summed E-state index contributed by atoms with van der Waals surface area (Å²) in [5.74, 6) is 0.407. The lowest BCUT2D eigenvalue weighted by Crippen LogP contribution is -2.40. The van der Waals surface area contributed by atoms with Gasteiger partial charge in [0.2, 0.25) is 5.91 Å². The Morgan fingerprint density at radius 3 is 3.00 bits per heavy atom. The predicted molar refractivity (Wildman–Crippen MR) is 92.9 cm³/mol. The Morgan fingerprint density at radius 1 is 1.38 bits per heavy atom. The van der Waals surface area contributed by atoms with Crippen LogP contribution in [0.4, 0.5) is 5.69 Å². The van der Waals surface area contributed by atoms with Gasteiger partial charge in [-0.25, -0.2) is 0 Å². The molecule has 3 rings (SSSR count). The minimum Gasteiger partial charge on any atom is -0.467 e. The van der Waals surface area contributed by atoms with Crippen LogP contribution in [0.2, 0.25) is 0 Å². The monoisotopic (exact) mass is 328 g/mol. The number of hydrogen-bond acceptors (Lipinski definition) is 4. The van der Waals surface area contributed by atoms with E-state index in [4.69, 9.17) is 4.42 Å². The molecule has 0 saturated carbocycles. The zero-order chi connectivity index (χ0) is 16.9. The summed E-state index contributed by atoms with van der Waals surface area (Å²) in [7, 11) is 0. The molecule has 1 amide bonds. The van der Waals surface area contributed by atoms with Crippen LogP contribution < -0.4 is 10.2 Å². The van der Waals surface area contributed by atoms with Gasteiger partial charge in [0.15, 0.2) is 0 Å². The smallest absolute Gasteiger partial charge is 0.221 e. The second kappa shape index (κ2) is 7.53. The quantitative estimate of drug-likeness (QED) is 0.855. The standard InChI is InChI=1S/C19H24N2O3/c1-14-8-9-15-5-2-3-6-16(15)21(14)11-10-19(23)20-13-17(22)18-7-4-12-24-18/h2-7,12,14,17,22H,8-11,13H2,1H3,(H,20,23). The maximum atomic E-state index is 12.1. The highest BCUT2D eigenvalue weighted by Gasteiger charge is 2.23. The number of rotatable bonds is 6. The van der Waals surface area contributed by atoms with Gasteiger partial charge in [-0.1, -0.05) is 18.2 Å². The van der Waals surface area contributed by atoms with Crippen molar-refractivity contribution in [2.24, 2.45) is 0 Å². The number of aliphatic hydroxyl groups is 1. The van der Waals surface area contributed by atoms with Crippen molar-refractivity contribution < 1.29 is 14.3 Å². The topological polar surface area (TPSA) is 65.7 Å². The summed E-state index contributed by atoms with van der Waals surface area (Å²) in [6.07, 6.45) is 3.31. The molecule has 0 radical (unpaired) electrons. The molecule has 2 heterocycles. The Bertz CT molecular complexity index is 669. The molecule has 1 aromatic heterocycles. The molecule has 1 aromatic carbocycles. The zero-order valence-electron chi connectivity index (χ0n) is 13.9. The lowest BCUT2D eigenvalue weighted by molar-refractivity contribution is -0.121. The first kappa shape index (κ1) is 16.6. The number of aryl methyl sites for hydroxylation is 1. The van der Waals surface area contributed by atoms with E-state index in [2.05, 4.69) is 35.3 Å². The third-order valence-electron chi connectivity index (χ3n) is 4.61. The summed E-state index contributed by atoms with van der Waals surface area (Å²) < 4.78 is 5.13. The summed E-state index contributed by atoms with van der Waals surface area (Å²) >= 11 is 0. The highest BCUT2D eigenvalue weighted by atomic mass is 16.4. The van der Waals surface area contributed by atoms with Crippen molar-refractivity contribution in [3.63, 3.8) is 0 Å². The molecule has 5 nitrogen and oxygen atoms in total. The molecule has 0 saturated heterocycles. The van der Waals surface area contributed by atoms with Gasteiger partial charge in [0.05, 0.1) is 12.8 Å². The largest absolute Gasteiger partial charge is 0.467 e. The normalized spacial score (nSPS) is 18.1. The summed E-state index contributed by atoms with van der Waals surface area (Å²) in [6.45, 7) is 3.05. The van der Waals surface area contributed by atoms with E-state index in [1.165, 1.54) is 17.5 Å². The number of carbonyl (C=O) groups excluding carboxylic acids is 1. The lowest BCUT2D eigenvalue weighted by atomic mass is 9.96. The fourth-order valence-electron chi connectivity index (χ4n) is 3.20. The average Bonchev–Trinajstić information content (AvgIpc) is 3.13. The average molecular weight is 328 g/mol. The summed E-state index contributed by atoms with van der Waals surface area (Å²) in [6, 6.07) is 12.2. The number of furan rings is 1. The van der Waals surface area contributed by atoms with Crippen LogP contribution in [-0.4, -0.2) is 30.1 Å². The molecular formula is C19H24N2O3. The second-order valence-electron chi connectivity index (χ2n) is 6.30. The number of nitrogens with zero attached hydrogens (tertiary/aromatic N) is 1. The van der Waals surface area contributed by atoms with Gasteiger partial charge in [0, 0.05) is 24.7 Å². The maximum Gasteiger partial charge on any atom is 0.221 e. The van der Waals surface area contributed by atoms with Gasteiger partial charge in [-0.15, -0.1) is 0 Å². The summed E-state index contributed by atoms with van der Waals surface area (Å²) in [4.78, 5) is 14.4. The number of carbonyl (C=O) groups is 1. The molecule has 0 spiro atoms. The van der Waals surface area contributed by atoms with Crippen molar-refractivity contribution in [1.82, 2.24) is 5.32 Å². The van der Waals surface area contributed by atoms with Crippen LogP contribution >= 0.6 is 0 Å². The van der Waals surface area contributed by atoms with E-state index in [-0.39, 0.29) is 12.5 Å². The van der Waals surface area contributed by atoms with Gasteiger partial charge in [-0.2, -0.15) is 0 Å². The molecular weight excluding hydrogens is 304 g/mol. The molecule has 2 atom stereocenters. The molecule has 2 aromatic rings. The molecule has 2 unspecified atom stereocenters. The number of hydrogen-bond donors (Lipinski definition) is 2. The molecule has 128 valence electrons. The highest BCUT2D eigenvalue weighted by Crippen LogP contribution is 2.30. The fourth-order valence-corrected chi connectivity index (χ4v) is 3.20. The van der Waals surface area contributed by atoms with E-state index in [1.54, 1.807) is 12.1 Å². The van der Waals surface area contributed by atoms with Gasteiger partial charge < -0.3 is 19.7 Å². The fraction of sp³-hybridized carbons (Fsp3) is 0.421. The van der Waals surface area contributed by atoms with Crippen LogP contribution in [0.15, 0.2) is 47.1 Å². The second-order valence-corrected chi connectivity index (χ2v) is 6.30. The number of amides is 1. The number of fused-ring (bicyclic) bond motifs is 1.